The number of piperazine rings is 1. The minimum absolute atomic E-state index is 0.0840. The number of aromatic nitrogens is 2. The van der Waals surface area contributed by atoms with E-state index in [0.29, 0.717) is 24.5 Å². The lowest BCUT2D eigenvalue weighted by molar-refractivity contribution is 0.0663. The lowest BCUT2D eigenvalue weighted by atomic mass is 10.1. The van der Waals surface area contributed by atoms with Gasteiger partial charge in [-0.15, -0.1) is 0 Å². The summed E-state index contributed by atoms with van der Waals surface area (Å²) in [4.78, 5) is 18.3. The molecule has 0 saturated carbocycles. The van der Waals surface area contributed by atoms with Crippen molar-refractivity contribution >= 4 is 5.91 Å². The molecule has 21 heavy (non-hydrogen) atoms. The molecule has 2 atom stereocenters. The van der Waals surface area contributed by atoms with Crippen LogP contribution in [0.2, 0.25) is 0 Å². The van der Waals surface area contributed by atoms with Gasteiger partial charge < -0.3 is 14.7 Å². The maximum Gasteiger partial charge on any atom is 0.276 e. The van der Waals surface area contributed by atoms with E-state index >= 15 is 0 Å². The van der Waals surface area contributed by atoms with Crippen LogP contribution in [-0.4, -0.2) is 46.1 Å². The van der Waals surface area contributed by atoms with E-state index in [1.54, 1.807) is 18.5 Å². The van der Waals surface area contributed by atoms with Crippen molar-refractivity contribution in [2.75, 3.05) is 13.1 Å². The Balaban J connectivity index is 1.78. The standard InChI is InChI=1S/C15H18N4O2/c1-10-8-19(9-11(2)17-10)15(20)13-7-14(21-18-13)12-3-5-16-6-4-12/h3-7,10-11,17H,8-9H2,1-2H3/t10-,11-/m1/s1. The van der Waals surface area contributed by atoms with Crippen LogP contribution in [0.5, 0.6) is 0 Å². The van der Waals surface area contributed by atoms with Crippen LogP contribution in [0.15, 0.2) is 35.1 Å². The second kappa shape index (κ2) is 5.65. The Morgan fingerprint density at radius 3 is 2.62 bits per heavy atom. The van der Waals surface area contributed by atoms with Crippen LogP contribution >= 0.6 is 0 Å². The second-order valence-electron chi connectivity index (χ2n) is 5.49. The summed E-state index contributed by atoms with van der Waals surface area (Å²) in [7, 11) is 0. The molecule has 0 aliphatic carbocycles. The van der Waals surface area contributed by atoms with Gasteiger partial charge in [-0.1, -0.05) is 5.16 Å². The third-order valence-corrected chi connectivity index (χ3v) is 3.54. The van der Waals surface area contributed by atoms with Gasteiger partial charge in [-0.05, 0) is 26.0 Å². The zero-order valence-electron chi connectivity index (χ0n) is 12.1. The summed E-state index contributed by atoms with van der Waals surface area (Å²) in [5.74, 6) is 0.497. The average molecular weight is 286 g/mol. The van der Waals surface area contributed by atoms with Gasteiger partial charge >= 0.3 is 0 Å². The van der Waals surface area contributed by atoms with Crippen LogP contribution in [0, 0.1) is 0 Å². The normalized spacial score (nSPS) is 22.3. The average Bonchev–Trinajstić information content (AvgIpc) is 2.96. The van der Waals surface area contributed by atoms with E-state index in [1.165, 1.54) is 0 Å². The molecule has 2 aromatic heterocycles. The second-order valence-corrected chi connectivity index (χ2v) is 5.49. The van der Waals surface area contributed by atoms with Crippen LogP contribution in [0.1, 0.15) is 24.3 Å². The molecule has 0 aromatic carbocycles. The molecule has 0 spiro atoms. The summed E-state index contributed by atoms with van der Waals surface area (Å²) in [5, 5.41) is 7.31. The minimum atomic E-state index is -0.0840. The van der Waals surface area contributed by atoms with Gasteiger partial charge in [0.2, 0.25) is 0 Å². The highest BCUT2D eigenvalue weighted by Gasteiger charge is 2.27. The lowest BCUT2D eigenvalue weighted by Gasteiger charge is -2.35. The van der Waals surface area contributed by atoms with Gasteiger partial charge in [0.15, 0.2) is 11.5 Å². The first-order valence-corrected chi connectivity index (χ1v) is 7.06. The highest BCUT2D eigenvalue weighted by Crippen LogP contribution is 2.20. The molecule has 3 rings (SSSR count). The molecular weight excluding hydrogens is 268 g/mol. The zero-order valence-corrected chi connectivity index (χ0v) is 12.1. The number of nitrogens with one attached hydrogen (secondary N) is 1. The summed E-state index contributed by atoms with van der Waals surface area (Å²) < 4.78 is 5.28. The molecule has 1 saturated heterocycles. The van der Waals surface area contributed by atoms with Gasteiger partial charge in [0.25, 0.3) is 5.91 Å². The number of hydrogen-bond acceptors (Lipinski definition) is 5. The number of pyridine rings is 1. The first-order valence-electron chi connectivity index (χ1n) is 7.06. The Morgan fingerprint density at radius 1 is 1.29 bits per heavy atom. The molecule has 3 heterocycles. The monoisotopic (exact) mass is 286 g/mol. The van der Waals surface area contributed by atoms with Crippen molar-refractivity contribution in [3.05, 3.63) is 36.3 Å². The summed E-state index contributed by atoms with van der Waals surface area (Å²) in [6.45, 7) is 5.50. The SMILES string of the molecule is C[C@@H]1CN(C(=O)c2cc(-c3ccncc3)on2)C[C@@H](C)N1. The largest absolute Gasteiger partial charge is 0.355 e. The first-order chi connectivity index (χ1) is 10.1. The van der Waals surface area contributed by atoms with Crippen LogP contribution in [0.3, 0.4) is 0 Å². The van der Waals surface area contributed by atoms with Gasteiger partial charge in [0.1, 0.15) is 0 Å². The van der Waals surface area contributed by atoms with Gasteiger partial charge in [0.05, 0.1) is 0 Å². The third-order valence-electron chi connectivity index (χ3n) is 3.54. The van der Waals surface area contributed by atoms with E-state index in [1.807, 2.05) is 17.0 Å². The smallest absolute Gasteiger partial charge is 0.276 e. The molecule has 0 unspecified atom stereocenters. The summed E-state index contributed by atoms with van der Waals surface area (Å²) in [6, 6.07) is 5.90. The Labute approximate surface area is 123 Å². The molecule has 1 aliphatic rings. The topological polar surface area (TPSA) is 71.3 Å². The van der Waals surface area contributed by atoms with Crippen LogP contribution in [0.4, 0.5) is 0 Å². The highest BCUT2D eigenvalue weighted by atomic mass is 16.5. The fourth-order valence-corrected chi connectivity index (χ4v) is 2.68. The summed E-state index contributed by atoms with van der Waals surface area (Å²) >= 11 is 0. The Bertz CT molecular complexity index is 616. The van der Waals surface area contributed by atoms with E-state index in [-0.39, 0.29) is 18.0 Å². The van der Waals surface area contributed by atoms with E-state index < -0.39 is 0 Å². The summed E-state index contributed by atoms with van der Waals surface area (Å²) in [6.07, 6.45) is 3.36. The fourth-order valence-electron chi connectivity index (χ4n) is 2.68. The predicted molar refractivity (Wildman–Crippen MR) is 77.7 cm³/mol. The Hall–Kier alpha value is -2.21. The minimum Gasteiger partial charge on any atom is -0.355 e. The summed E-state index contributed by atoms with van der Waals surface area (Å²) in [5.41, 5.74) is 1.21. The number of carbonyl (C=O) groups is 1. The maximum atomic E-state index is 12.5. The van der Waals surface area contributed by atoms with Crippen molar-refractivity contribution in [3.8, 4) is 11.3 Å². The molecule has 0 radical (unpaired) electrons. The molecule has 1 N–H and O–H groups in total. The molecule has 1 fully saturated rings. The van der Waals surface area contributed by atoms with Crippen molar-refractivity contribution in [1.82, 2.24) is 20.4 Å². The number of nitrogens with zero attached hydrogens (tertiary/aromatic N) is 3. The van der Waals surface area contributed by atoms with Crippen molar-refractivity contribution in [2.24, 2.45) is 0 Å². The van der Waals surface area contributed by atoms with E-state index in [4.69, 9.17) is 4.52 Å². The molecule has 0 bridgehead atoms. The molecule has 1 aliphatic heterocycles. The molecule has 2 aromatic rings. The maximum absolute atomic E-state index is 12.5. The molecular formula is C15H18N4O2. The number of rotatable bonds is 2. The molecule has 1 amide bonds. The molecule has 6 nitrogen and oxygen atoms in total. The highest BCUT2D eigenvalue weighted by molar-refractivity contribution is 5.93. The van der Waals surface area contributed by atoms with Gasteiger partial charge in [-0.2, -0.15) is 0 Å². The van der Waals surface area contributed by atoms with Crippen molar-refractivity contribution in [1.29, 1.82) is 0 Å². The predicted octanol–water partition coefficient (Wildman–Crippen LogP) is 1.56. The van der Waals surface area contributed by atoms with E-state index in [9.17, 15) is 4.79 Å². The fraction of sp³-hybridized carbons (Fsp3) is 0.400. The van der Waals surface area contributed by atoms with E-state index in [2.05, 4.69) is 29.3 Å². The third kappa shape index (κ3) is 2.95. The van der Waals surface area contributed by atoms with Gasteiger partial charge in [-0.25, -0.2) is 0 Å². The number of amides is 1. The number of hydrogen-bond donors (Lipinski definition) is 1. The van der Waals surface area contributed by atoms with Crippen molar-refractivity contribution in [2.45, 2.75) is 25.9 Å². The van der Waals surface area contributed by atoms with Crippen LogP contribution in [-0.2, 0) is 0 Å². The zero-order chi connectivity index (χ0) is 14.8. The number of carbonyl (C=O) groups excluding carboxylic acids is 1. The Morgan fingerprint density at radius 2 is 1.95 bits per heavy atom. The van der Waals surface area contributed by atoms with Gasteiger partial charge in [-0.3, -0.25) is 9.78 Å². The van der Waals surface area contributed by atoms with Crippen LogP contribution < -0.4 is 5.32 Å². The van der Waals surface area contributed by atoms with Crippen molar-refractivity contribution < 1.29 is 9.32 Å². The molecule has 110 valence electrons. The van der Waals surface area contributed by atoms with Gasteiger partial charge in [0, 0.05) is 49.2 Å². The van der Waals surface area contributed by atoms with E-state index in [0.717, 1.165) is 5.56 Å². The van der Waals surface area contributed by atoms with Crippen molar-refractivity contribution in [3.63, 3.8) is 0 Å². The molecule has 6 heteroatoms. The first kappa shape index (κ1) is 13.8. The Kier molecular flexibility index (Phi) is 3.70. The quantitative estimate of drug-likeness (QED) is 0.907. The lowest BCUT2D eigenvalue weighted by Crippen LogP contribution is -2.55. The van der Waals surface area contributed by atoms with Crippen LogP contribution in [0.25, 0.3) is 11.3 Å².